The molecule has 2 rings (SSSR count). The van der Waals surface area contributed by atoms with Crippen LogP contribution < -0.4 is 5.73 Å². The molecule has 2 N–H and O–H groups in total. The van der Waals surface area contributed by atoms with Gasteiger partial charge >= 0.3 is 5.97 Å². The molecule has 0 aliphatic heterocycles. The Bertz CT molecular complexity index is 534. The number of nitrogens with zero attached hydrogens (tertiary/aromatic N) is 2. The molecule has 0 saturated carbocycles. The number of nitrogens with two attached hydrogens (primary N) is 1. The normalized spacial score (nSPS) is 10.6. The van der Waals surface area contributed by atoms with Crippen LogP contribution in [0.2, 0.25) is 0 Å². The minimum atomic E-state index is -0.202. The SMILES string of the molecule is CCOC(=O)CCn1ncc2cc(N)ccc21. The number of hydrogen-bond donors (Lipinski definition) is 1. The fraction of sp³-hybridized carbons (Fsp3) is 0.333. The van der Waals surface area contributed by atoms with E-state index in [1.807, 2.05) is 18.2 Å². The fourth-order valence-corrected chi connectivity index (χ4v) is 1.71. The van der Waals surface area contributed by atoms with Crippen LogP contribution in [0, 0.1) is 0 Å². The maximum absolute atomic E-state index is 11.2. The molecule has 1 heterocycles. The van der Waals surface area contributed by atoms with E-state index in [9.17, 15) is 4.79 Å². The lowest BCUT2D eigenvalue weighted by Gasteiger charge is -2.03. The Balaban J connectivity index is 2.11. The second kappa shape index (κ2) is 4.86. The molecular weight excluding hydrogens is 218 g/mol. The third-order valence-electron chi connectivity index (χ3n) is 2.50. The number of hydrogen-bond acceptors (Lipinski definition) is 4. The number of carbonyl (C=O) groups excluding carboxylic acids is 1. The third-order valence-corrected chi connectivity index (χ3v) is 2.50. The van der Waals surface area contributed by atoms with E-state index < -0.39 is 0 Å². The first kappa shape index (κ1) is 11.4. The largest absolute Gasteiger partial charge is 0.466 e. The number of benzene rings is 1. The Hall–Kier alpha value is -2.04. The highest BCUT2D eigenvalue weighted by molar-refractivity contribution is 5.82. The zero-order valence-electron chi connectivity index (χ0n) is 9.72. The monoisotopic (exact) mass is 233 g/mol. The Morgan fingerprint density at radius 3 is 3.12 bits per heavy atom. The van der Waals surface area contributed by atoms with E-state index in [1.165, 1.54) is 0 Å². The zero-order valence-corrected chi connectivity index (χ0v) is 9.72. The molecule has 0 amide bonds. The van der Waals surface area contributed by atoms with Crippen LogP contribution in [0.4, 0.5) is 5.69 Å². The highest BCUT2D eigenvalue weighted by Crippen LogP contribution is 2.17. The van der Waals surface area contributed by atoms with Crippen LogP contribution in [-0.4, -0.2) is 22.4 Å². The number of aromatic nitrogens is 2. The summed E-state index contributed by atoms with van der Waals surface area (Å²) in [5, 5.41) is 5.20. The quantitative estimate of drug-likeness (QED) is 0.642. The van der Waals surface area contributed by atoms with Crippen molar-refractivity contribution in [2.24, 2.45) is 0 Å². The highest BCUT2D eigenvalue weighted by Gasteiger charge is 2.06. The van der Waals surface area contributed by atoms with Crippen LogP contribution in [0.5, 0.6) is 0 Å². The topological polar surface area (TPSA) is 70.1 Å². The van der Waals surface area contributed by atoms with Crippen LogP contribution in [0.15, 0.2) is 24.4 Å². The molecular formula is C12H15N3O2. The molecule has 1 aromatic heterocycles. The van der Waals surface area contributed by atoms with Crippen LogP contribution in [0.3, 0.4) is 0 Å². The molecule has 1 aromatic carbocycles. The summed E-state index contributed by atoms with van der Waals surface area (Å²) in [5.74, 6) is -0.202. The number of aryl methyl sites for hydroxylation is 1. The Morgan fingerprint density at radius 1 is 1.53 bits per heavy atom. The van der Waals surface area contributed by atoms with Gasteiger partial charge < -0.3 is 10.5 Å². The lowest BCUT2D eigenvalue weighted by atomic mass is 10.2. The maximum Gasteiger partial charge on any atom is 0.307 e. The van der Waals surface area contributed by atoms with Crippen LogP contribution >= 0.6 is 0 Å². The summed E-state index contributed by atoms with van der Waals surface area (Å²) < 4.78 is 6.65. The van der Waals surface area contributed by atoms with Crippen LogP contribution in [0.1, 0.15) is 13.3 Å². The van der Waals surface area contributed by atoms with Crippen molar-refractivity contribution in [1.82, 2.24) is 9.78 Å². The standard InChI is InChI=1S/C12H15N3O2/c1-2-17-12(16)5-6-15-11-4-3-10(13)7-9(11)8-14-15/h3-4,7-8H,2,5-6,13H2,1H3. The van der Waals surface area contributed by atoms with Gasteiger partial charge in [0.2, 0.25) is 0 Å². The van der Waals surface area contributed by atoms with Crippen molar-refractivity contribution in [2.75, 3.05) is 12.3 Å². The van der Waals surface area contributed by atoms with E-state index in [1.54, 1.807) is 17.8 Å². The van der Waals surface area contributed by atoms with Crippen molar-refractivity contribution in [1.29, 1.82) is 0 Å². The Morgan fingerprint density at radius 2 is 2.35 bits per heavy atom. The van der Waals surface area contributed by atoms with Crippen molar-refractivity contribution in [3.63, 3.8) is 0 Å². The number of fused-ring (bicyclic) bond motifs is 1. The molecule has 0 aliphatic rings. The van der Waals surface area contributed by atoms with Crippen molar-refractivity contribution in [3.8, 4) is 0 Å². The average molecular weight is 233 g/mol. The summed E-state index contributed by atoms with van der Waals surface area (Å²) >= 11 is 0. The molecule has 0 bridgehead atoms. The smallest absolute Gasteiger partial charge is 0.307 e. The average Bonchev–Trinajstić information content (AvgIpc) is 2.69. The first-order valence-corrected chi connectivity index (χ1v) is 5.57. The summed E-state index contributed by atoms with van der Waals surface area (Å²) in [6, 6.07) is 5.59. The van der Waals surface area contributed by atoms with Gasteiger partial charge in [-0.25, -0.2) is 0 Å². The van der Waals surface area contributed by atoms with Crippen LogP contribution in [0.25, 0.3) is 10.9 Å². The number of rotatable bonds is 4. The molecule has 5 nitrogen and oxygen atoms in total. The van der Waals surface area contributed by atoms with Crippen molar-refractivity contribution < 1.29 is 9.53 Å². The minimum absolute atomic E-state index is 0.202. The van der Waals surface area contributed by atoms with E-state index in [0.29, 0.717) is 25.3 Å². The number of carbonyl (C=O) groups is 1. The molecule has 0 aliphatic carbocycles. The number of esters is 1. The molecule has 0 saturated heterocycles. The molecule has 90 valence electrons. The van der Waals surface area contributed by atoms with Gasteiger partial charge in [-0.05, 0) is 25.1 Å². The Labute approximate surface area is 99.2 Å². The molecule has 0 fully saturated rings. The van der Waals surface area contributed by atoms with Gasteiger partial charge in [0.1, 0.15) is 0 Å². The first-order valence-electron chi connectivity index (χ1n) is 5.57. The summed E-state index contributed by atoms with van der Waals surface area (Å²) in [6.07, 6.45) is 2.08. The van der Waals surface area contributed by atoms with E-state index >= 15 is 0 Å². The summed E-state index contributed by atoms with van der Waals surface area (Å²) in [6.45, 7) is 2.73. The predicted molar refractivity (Wildman–Crippen MR) is 65.4 cm³/mol. The highest BCUT2D eigenvalue weighted by atomic mass is 16.5. The van der Waals surface area contributed by atoms with Gasteiger partial charge in [0.05, 0.1) is 31.3 Å². The van der Waals surface area contributed by atoms with Gasteiger partial charge in [0, 0.05) is 11.1 Å². The number of nitrogen functional groups attached to an aromatic ring is 1. The number of ether oxygens (including phenoxy) is 1. The van der Waals surface area contributed by atoms with E-state index in [2.05, 4.69) is 5.10 Å². The number of anilines is 1. The molecule has 0 spiro atoms. The van der Waals surface area contributed by atoms with Crippen molar-refractivity contribution >= 4 is 22.6 Å². The predicted octanol–water partition coefficient (Wildman–Crippen LogP) is 1.57. The molecule has 17 heavy (non-hydrogen) atoms. The summed E-state index contributed by atoms with van der Waals surface area (Å²) in [7, 11) is 0. The van der Waals surface area contributed by atoms with E-state index in [-0.39, 0.29) is 5.97 Å². The van der Waals surface area contributed by atoms with E-state index in [0.717, 1.165) is 10.9 Å². The van der Waals surface area contributed by atoms with E-state index in [4.69, 9.17) is 10.5 Å². The second-order valence-corrected chi connectivity index (χ2v) is 3.74. The lowest BCUT2D eigenvalue weighted by Crippen LogP contribution is -2.09. The van der Waals surface area contributed by atoms with Gasteiger partial charge in [-0.15, -0.1) is 0 Å². The maximum atomic E-state index is 11.2. The molecule has 2 aromatic rings. The summed E-state index contributed by atoms with van der Waals surface area (Å²) in [5.41, 5.74) is 7.37. The van der Waals surface area contributed by atoms with Crippen molar-refractivity contribution in [2.45, 2.75) is 19.9 Å². The van der Waals surface area contributed by atoms with Gasteiger partial charge in [-0.2, -0.15) is 5.10 Å². The van der Waals surface area contributed by atoms with Crippen LogP contribution in [-0.2, 0) is 16.1 Å². The second-order valence-electron chi connectivity index (χ2n) is 3.74. The lowest BCUT2D eigenvalue weighted by molar-refractivity contribution is -0.143. The fourth-order valence-electron chi connectivity index (χ4n) is 1.71. The molecule has 5 heteroatoms. The van der Waals surface area contributed by atoms with Gasteiger partial charge in [-0.3, -0.25) is 9.48 Å². The molecule has 0 unspecified atom stereocenters. The Kier molecular flexibility index (Phi) is 3.27. The van der Waals surface area contributed by atoms with Gasteiger partial charge in [0.25, 0.3) is 0 Å². The van der Waals surface area contributed by atoms with Gasteiger partial charge in [0.15, 0.2) is 0 Å². The minimum Gasteiger partial charge on any atom is -0.466 e. The molecule has 0 radical (unpaired) electrons. The molecule has 0 atom stereocenters. The van der Waals surface area contributed by atoms with Gasteiger partial charge in [-0.1, -0.05) is 0 Å². The third kappa shape index (κ3) is 2.55. The van der Waals surface area contributed by atoms with Crippen molar-refractivity contribution in [3.05, 3.63) is 24.4 Å². The zero-order chi connectivity index (χ0) is 12.3. The first-order chi connectivity index (χ1) is 8.20. The summed E-state index contributed by atoms with van der Waals surface area (Å²) in [4.78, 5) is 11.2.